The first kappa shape index (κ1) is 23.8. The molecule has 166 valence electrons. The monoisotopic (exact) mass is 446 g/mol. The molecule has 0 spiro atoms. The molecular formula is C19H16F6N4O2. The first-order valence-electron chi connectivity index (χ1n) is 8.68. The number of anilines is 2. The fourth-order valence-electron chi connectivity index (χ4n) is 2.58. The fraction of sp³-hybridized carbons (Fsp3) is 0.316. The van der Waals surface area contributed by atoms with Gasteiger partial charge in [-0.05, 0) is 24.3 Å². The Kier molecular flexibility index (Phi) is 7.32. The van der Waals surface area contributed by atoms with E-state index in [0.717, 1.165) is 12.1 Å². The van der Waals surface area contributed by atoms with Crippen molar-refractivity contribution in [2.75, 3.05) is 29.9 Å². The van der Waals surface area contributed by atoms with E-state index in [1.807, 2.05) is 0 Å². The molecule has 1 amide bonds. The molecule has 0 unspecified atom stereocenters. The maximum absolute atomic E-state index is 13.2. The number of rotatable bonds is 7. The van der Waals surface area contributed by atoms with E-state index in [1.54, 1.807) is 0 Å². The van der Waals surface area contributed by atoms with E-state index in [4.69, 9.17) is 10.00 Å². The maximum Gasteiger partial charge on any atom is 0.417 e. The van der Waals surface area contributed by atoms with Crippen LogP contribution < -0.4 is 15.0 Å². The number of pyridine rings is 1. The van der Waals surface area contributed by atoms with E-state index < -0.39 is 36.6 Å². The Morgan fingerprint density at radius 1 is 1.19 bits per heavy atom. The van der Waals surface area contributed by atoms with Gasteiger partial charge in [0.2, 0.25) is 11.8 Å². The molecule has 0 aliphatic rings. The lowest BCUT2D eigenvalue weighted by Crippen LogP contribution is -2.37. The topological polar surface area (TPSA) is 78.2 Å². The number of hydrogen-bond donors (Lipinski definition) is 1. The second-order valence-corrected chi connectivity index (χ2v) is 6.29. The van der Waals surface area contributed by atoms with Gasteiger partial charge in [0.1, 0.15) is 13.2 Å². The number of aromatic nitrogens is 1. The van der Waals surface area contributed by atoms with Crippen LogP contribution >= 0.6 is 0 Å². The summed E-state index contributed by atoms with van der Waals surface area (Å²) in [6, 6.07) is 6.56. The summed E-state index contributed by atoms with van der Waals surface area (Å²) in [7, 11) is 0. The normalized spacial score (nSPS) is 11.5. The van der Waals surface area contributed by atoms with Gasteiger partial charge >= 0.3 is 12.4 Å². The van der Waals surface area contributed by atoms with Crippen LogP contribution in [0.15, 0.2) is 36.5 Å². The van der Waals surface area contributed by atoms with Crippen molar-refractivity contribution in [3.05, 3.63) is 47.7 Å². The quantitative estimate of drug-likeness (QED) is 0.639. The van der Waals surface area contributed by atoms with Gasteiger partial charge in [-0.25, -0.2) is 4.98 Å². The summed E-state index contributed by atoms with van der Waals surface area (Å²) < 4.78 is 83.6. The SMILES string of the molecule is CC(=O)Nc1ccc(OCCN(CC(F)(F)F)c2ccc(C#N)c(C(F)(F)F)c2)nc1. The van der Waals surface area contributed by atoms with Crippen LogP contribution in [0, 0.1) is 11.3 Å². The number of benzene rings is 1. The van der Waals surface area contributed by atoms with Crippen LogP contribution in [0.3, 0.4) is 0 Å². The number of nitrogens with one attached hydrogen (secondary N) is 1. The molecule has 0 atom stereocenters. The first-order valence-corrected chi connectivity index (χ1v) is 8.68. The lowest BCUT2D eigenvalue weighted by molar-refractivity contribution is -0.137. The largest absolute Gasteiger partial charge is 0.476 e. The predicted octanol–water partition coefficient (Wildman–Crippen LogP) is 4.38. The molecule has 6 nitrogen and oxygen atoms in total. The van der Waals surface area contributed by atoms with Crippen LogP contribution in [0.4, 0.5) is 37.7 Å². The minimum Gasteiger partial charge on any atom is -0.476 e. The second kappa shape index (κ2) is 9.55. The molecule has 1 N–H and O–H groups in total. The Morgan fingerprint density at radius 2 is 1.90 bits per heavy atom. The molecule has 2 rings (SSSR count). The Bertz CT molecular complexity index is 952. The first-order chi connectivity index (χ1) is 14.4. The van der Waals surface area contributed by atoms with E-state index in [1.165, 1.54) is 31.3 Å². The summed E-state index contributed by atoms with van der Waals surface area (Å²) in [5, 5.41) is 11.3. The van der Waals surface area contributed by atoms with E-state index in [0.29, 0.717) is 16.7 Å². The summed E-state index contributed by atoms with van der Waals surface area (Å²) in [5.74, 6) is -0.268. The number of carbonyl (C=O) groups excluding carboxylic acids is 1. The van der Waals surface area contributed by atoms with Crippen LogP contribution in [-0.2, 0) is 11.0 Å². The third-order valence-electron chi connectivity index (χ3n) is 3.83. The number of nitriles is 1. The highest BCUT2D eigenvalue weighted by atomic mass is 19.4. The zero-order chi connectivity index (χ0) is 23.2. The number of hydrogen-bond acceptors (Lipinski definition) is 5. The van der Waals surface area contributed by atoms with E-state index in [2.05, 4.69) is 10.3 Å². The Labute approximate surface area is 173 Å². The van der Waals surface area contributed by atoms with Crippen molar-refractivity contribution in [3.63, 3.8) is 0 Å². The molecule has 0 fully saturated rings. The number of alkyl halides is 6. The predicted molar refractivity (Wildman–Crippen MR) is 98.5 cm³/mol. The number of amides is 1. The van der Waals surface area contributed by atoms with Crippen molar-refractivity contribution in [2.45, 2.75) is 19.3 Å². The molecule has 0 saturated heterocycles. The second-order valence-electron chi connectivity index (χ2n) is 6.29. The van der Waals surface area contributed by atoms with Crippen LogP contribution in [0.25, 0.3) is 0 Å². The Balaban J connectivity index is 2.16. The van der Waals surface area contributed by atoms with Crippen molar-refractivity contribution < 1.29 is 35.9 Å². The third-order valence-corrected chi connectivity index (χ3v) is 3.83. The highest BCUT2D eigenvalue weighted by molar-refractivity contribution is 5.88. The molecule has 12 heteroatoms. The van der Waals surface area contributed by atoms with Gasteiger partial charge in [-0.3, -0.25) is 4.79 Å². The summed E-state index contributed by atoms with van der Waals surface area (Å²) in [6.07, 6.45) is -8.31. The Morgan fingerprint density at radius 3 is 2.42 bits per heavy atom. The van der Waals surface area contributed by atoms with E-state index >= 15 is 0 Å². The molecular weight excluding hydrogens is 430 g/mol. The summed E-state index contributed by atoms with van der Waals surface area (Å²) in [5.41, 5.74) is -1.99. The average Bonchev–Trinajstić information content (AvgIpc) is 2.66. The maximum atomic E-state index is 13.2. The van der Waals surface area contributed by atoms with Gasteiger partial charge in [0.15, 0.2) is 0 Å². The molecule has 0 bridgehead atoms. The smallest absolute Gasteiger partial charge is 0.417 e. The van der Waals surface area contributed by atoms with Crippen molar-refractivity contribution in [3.8, 4) is 11.9 Å². The number of carbonyl (C=O) groups is 1. The fourth-order valence-corrected chi connectivity index (χ4v) is 2.58. The molecule has 31 heavy (non-hydrogen) atoms. The van der Waals surface area contributed by atoms with Crippen molar-refractivity contribution in [1.82, 2.24) is 4.98 Å². The minimum atomic E-state index is -4.90. The summed E-state index contributed by atoms with van der Waals surface area (Å²) in [4.78, 5) is 15.5. The zero-order valence-corrected chi connectivity index (χ0v) is 16.0. The van der Waals surface area contributed by atoms with Crippen molar-refractivity contribution in [2.24, 2.45) is 0 Å². The lowest BCUT2D eigenvalue weighted by Gasteiger charge is -2.26. The van der Waals surface area contributed by atoms with Crippen LogP contribution in [-0.4, -0.2) is 36.8 Å². The lowest BCUT2D eigenvalue weighted by atomic mass is 10.1. The van der Waals surface area contributed by atoms with Crippen LogP contribution in [0.2, 0.25) is 0 Å². The highest BCUT2D eigenvalue weighted by Crippen LogP contribution is 2.35. The molecule has 1 aromatic heterocycles. The van der Waals surface area contributed by atoms with E-state index in [-0.39, 0.29) is 24.1 Å². The molecule has 1 heterocycles. The van der Waals surface area contributed by atoms with Crippen molar-refractivity contribution >= 4 is 17.3 Å². The average molecular weight is 446 g/mol. The molecule has 2 aromatic rings. The summed E-state index contributed by atoms with van der Waals surface area (Å²) >= 11 is 0. The van der Waals surface area contributed by atoms with Crippen molar-refractivity contribution in [1.29, 1.82) is 5.26 Å². The molecule has 0 aliphatic carbocycles. The summed E-state index contributed by atoms with van der Waals surface area (Å²) in [6.45, 7) is -0.941. The van der Waals surface area contributed by atoms with Gasteiger partial charge in [-0.2, -0.15) is 31.6 Å². The standard InChI is InChI=1S/C19H16F6N4O2/c1-12(30)28-14-3-5-17(27-10-14)31-7-6-29(11-18(20,21)22)15-4-2-13(9-26)16(8-15)19(23,24)25/h2-5,8,10H,6-7,11H2,1H3,(H,28,30). The van der Waals surface area contributed by atoms with Gasteiger partial charge < -0.3 is 15.0 Å². The van der Waals surface area contributed by atoms with Gasteiger partial charge in [0, 0.05) is 18.7 Å². The van der Waals surface area contributed by atoms with Gasteiger partial charge in [-0.15, -0.1) is 0 Å². The van der Waals surface area contributed by atoms with E-state index in [9.17, 15) is 31.1 Å². The molecule has 0 saturated carbocycles. The third kappa shape index (κ3) is 7.36. The number of halogens is 6. The molecule has 0 aliphatic heterocycles. The van der Waals surface area contributed by atoms with Gasteiger partial charge in [-0.1, -0.05) is 0 Å². The highest BCUT2D eigenvalue weighted by Gasteiger charge is 2.36. The van der Waals surface area contributed by atoms with Crippen LogP contribution in [0.1, 0.15) is 18.1 Å². The molecule has 1 aromatic carbocycles. The Hall–Kier alpha value is -3.49. The van der Waals surface area contributed by atoms with Gasteiger partial charge in [0.25, 0.3) is 0 Å². The van der Waals surface area contributed by atoms with Crippen LogP contribution in [0.5, 0.6) is 5.88 Å². The minimum absolute atomic E-state index is 0.0527. The number of nitrogens with zero attached hydrogens (tertiary/aromatic N) is 3. The zero-order valence-electron chi connectivity index (χ0n) is 16.0. The molecule has 0 radical (unpaired) electrons. The number of ether oxygens (including phenoxy) is 1. The van der Waals surface area contributed by atoms with Gasteiger partial charge in [0.05, 0.1) is 35.6 Å².